The van der Waals surface area contributed by atoms with Crippen LogP contribution in [0.4, 0.5) is 0 Å². The molecule has 7 heteroatoms. The van der Waals surface area contributed by atoms with E-state index in [-0.39, 0.29) is 6.10 Å². The Morgan fingerprint density at radius 1 is 1.09 bits per heavy atom. The van der Waals surface area contributed by atoms with E-state index in [0.717, 1.165) is 12.0 Å². The van der Waals surface area contributed by atoms with E-state index >= 15 is 0 Å². The summed E-state index contributed by atoms with van der Waals surface area (Å²) >= 11 is 0. The van der Waals surface area contributed by atoms with Gasteiger partial charge in [-0.05, 0) is 37.5 Å². The maximum atomic E-state index is 9.91. The van der Waals surface area contributed by atoms with E-state index in [0.29, 0.717) is 12.2 Å². The second-order valence-electron chi connectivity index (χ2n) is 5.85. The summed E-state index contributed by atoms with van der Waals surface area (Å²) in [6, 6.07) is 7.06. The Morgan fingerprint density at radius 3 is 2.30 bits per heavy atom. The van der Waals surface area contributed by atoms with E-state index in [1.165, 1.54) is 0 Å². The van der Waals surface area contributed by atoms with Gasteiger partial charge in [-0.1, -0.05) is 12.1 Å². The Labute approximate surface area is 134 Å². The van der Waals surface area contributed by atoms with Crippen LogP contribution in [-0.4, -0.2) is 68.9 Å². The summed E-state index contributed by atoms with van der Waals surface area (Å²) in [5.74, 6) is 0.426. The topological polar surface area (TPSA) is 120 Å². The van der Waals surface area contributed by atoms with Crippen molar-refractivity contribution in [3.63, 3.8) is 0 Å². The van der Waals surface area contributed by atoms with Crippen molar-refractivity contribution in [2.24, 2.45) is 0 Å². The van der Waals surface area contributed by atoms with Crippen molar-refractivity contribution in [1.29, 1.82) is 0 Å². The van der Waals surface area contributed by atoms with Gasteiger partial charge in [0.05, 0.1) is 12.7 Å². The van der Waals surface area contributed by atoms with E-state index in [4.69, 9.17) is 14.6 Å². The molecule has 0 aliphatic carbocycles. The van der Waals surface area contributed by atoms with E-state index in [1.807, 2.05) is 12.1 Å². The molecule has 1 fully saturated rings. The summed E-state index contributed by atoms with van der Waals surface area (Å²) < 4.78 is 10.8. The van der Waals surface area contributed by atoms with Crippen LogP contribution < -0.4 is 4.74 Å². The van der Waals surface area contributed by atoms with Crippen molar-refractivity contribution in [3.8, 4) is 5.75 Å². The number of hydrogen-bond acceptors (Lipinski definition) is 7. The number of benzene rings is 1. The second kappa shape index (κ2) is 8.05. The maximum Gasteiger partial charge on any atom is 0.229 e. The highest BCUT2D eigenvalue weighted by Crippen LogP contribution is 2.24. The van der Waals surface area contributed by atoms with Crippen LogP contribution in [0.2, 0.25) is 0 Å². The Bertz CT molecular complexity index is 474. The molecule has 130 valence electrons. The van der Waals surface area contributed by atoms with E-state index in [2.05, 4.69) is 0 Å². The van der Waals surface area contributed by atoms with Crippen LogP contribution >= 0.6 is 0 Å². The van der Waals surface area contributed by atoms with Gasteiger partial charge in [-0.15, -0.1) is 0 Å². The molecule has 1 heterocycles. The summed E-state index contributed by atoms with van der Waals surface area (Å²) in [6.45, 7) is 1.24. The zero-order valence-electron chi connectivity index (χ0n) is 12.9. The first-order valence-electron chi connectivity index (χ1n) is 7.66. The molecular formula is C16H24O7. The minimum Gasteiger partial charge on any atom is -0.462 e. The molecular weight excluding hydrogens is 304 g/mol. The van der Waals surface area contributed by atoms with E-state index in [9.17, 15) is 20.4 Å². The quantitative estimate of drug-likeness (QED) is 0.463. The van der Waals surface area contributed by atoms with Gasteiger partial charge in [0.25, 0.3) is 0 Å². The van der Waals surface area contributed by atoms with Crippen molar-refractivity contribution in [3.05, 3.63) is 29.8 Å². The van der Waals surface area contributed by atoms with Crippen molar-refractivity contribution < 1.29 is 35.0 Å². The SMILES string of the molecule is C[C@H](O)CCc1ccc(O[C@H]2O[C@H](CO)[C@@H](O)[C@H](O)[C@H]2O)cc1. The van der Waals surface area contributed by atoms with Gasteiger partial charge in [-0.3, -0.25) is 0 Å². The van der Waals surface area contributed by atoms with Gasteiger partial charge < -0.3 is 35.0 Å². The third kappa shape index (κ3) is 4.63. The number of hydrogen-bond donors (Lipinski definition) is 5. The summed E-state index contributed by atoms with van der Waals surface area (Å²) in [5, 5.41) is 47.8. The second-order valence-corrected chi connectivity index (χ2v) is 5.85. The maximum absolute atomic E-state index is 9.91. The van der Waals surface area contributed by atoms with Crippen molar-refractivity contribution in [2.75, 3.05) is 6.61 Å². The first-order chi connectivity index (χ1) is 10.9. The minimum atomic E-state index is -1.46. The average Bonchev–Trinajstić information content (AvgIpc) is 2.54. The van der Waals surface area contributed by atoms with Crippen molar-refractivity contribution in [1.82, 2.24) is 0 Å². The predicted octanol–water partition coefficient (Wildman–Crippen LogP) is -0.821. The van der Waals surface area contributed by atoms with Gasteiger partial charge in [0.2, 0.25) is 6.29 Å². The van der Waals surface area contributed by atoms with Crippen LogP contribution in [0.15, 0.2) is 24.3 Å². The molecule has 0 bridgehead atoms. The van der Waals surface area contributed by atoms with Crippen molar-refractivity contribution in [2.45, 2.75) is 56.6 Å². The molecule has 0 aromatic heterocycles. The highest BCUT2D eigenvalue weighted by Gasteiger charge is 2.44. The van der Waals surface area contributed by atoms with E-state index in [1.54, 1.807) is 19.1 Å². The standard InChI is InChI=1S/C16H24O7/c1-9(18)2-3-10-4-6-11(7-5-10)22-16-15(21)14(20)13(19)12(8-17)23-16/h4-7,9,12-21H,2-3,8H2,1H3/t9-,12+,13+,14-,15+,16-/m0/s1. The van der Waals surface area contributed by atoms with Gasteiger partial charge in [-0.25, -0.2) is 0 Å². The molecule has 1 aromatic carbocycles. The molecule has 1 aromatic rings. The fourth-order valence-electron chi connectivity index (χ4n) is 2.41. The number of aryl methyl sites for hydroxylation is 1. The van der Waals surface area contributed by atoms with Crippen LogP contribution in [0.1, 0.15) is 18.9 Å². The monoisotopic (exact) mass is 328 g/mol. The van der Waals surface area contributed by atoms with Gasteiger partial charge in [-0.2, -0.15) is 0 Å². The average molecular weight is 328 g/mol. The fourth-order valence-corrected chi connectivity index (χ4v) is 2.41. The lowest BCUT2D eigenvalue weighted by molar-refractivity contribution is -0.277. The molecule has 0 spiro atoms. The van der Waals surface area contributed by atoms with Crippen LogP contribution in [0.3, 0.4) is 0 Å². The number of rotatable bonds is 6. The lowest BCUT2D eigenvalue weighted by Crippen LogP contribution is -2.60. The number of aliphatic hydroxyl groups is 5. The normalized spacial score (nSPS) is 32.5. The Morgan fingerprint density at radius 2 is 1.74 bits per heavy atom. The largest absolute Gasteiger partial charge is 0.462 e. The molecule has 0 unspecified atom stereocenters. The zero-order chi connectivity index (χ0) is 17.0. The molecule has 5 N–H and O–H groups in total. The van der Waals surface area contributed by atoms with E-state index < -0.39 is 37.3 Å². The number of ether oxygens (including phenoxy) is 2. The molecule has 2 rings (SSSR count). The Balaban J connectivity index is 1.97. The third-order valence-electron chi connectivity index (χ3n) is 3.87. The van der Waals surface area contributed by atoms with Crippen LogP contribution in [0.25, 0.3) is 0 Å². The van der Waals surface area contributed by atoms with Crippen molar-refractivity contribution >= 4 is 0 Å². The molecule has 6 atom stereocenters. The molecule has 1 aliphatic rings. The summed E-state index contributed by atoms with van der Waals surface area (Å²) in [7, 11) is 0. The van der Waals surface area contributed by atoms with Crippen LogP contribution in [0.5, 0.6) is 5.75 Å². The fraction of sp³-hybridized carbons (Fsp3) is 0.625. The van der Waals surface area contributed by atoms with Gasteiger partial charge in [0.1, 0.15) is 30.2 Å². The molecule has 1 saturated heterocycles. The first kappa shape index (κ1) is 18.1. The van der Waals surface area contributed by atoms with Crippen LogP contribution in [-0.2, 0) is 11.2 Å². The summed E-state index contributed by atoms with van der Waals surface area (Å²) in [4.78, 5) is 0. The Kier molecular flexibility index (Phi) is 6.34. The lowest BCUT2D eigenvalue weighted by atomic mass is 9.99. The zero-order valence-corrected chi connectivity index (χ0v) is 12.9. The molecule has 7 nitrogen and oxygen atoms in total. The van der Waals surface area contributed by atoms with Gasteiger partial charge in [0, 0.05) is 0 Å². The molecule has 1 aliphatic heterocycles. The highest BCUT2D eigenvalue weighted by atomic mass is 16.7. The third-order valence-corrected chi connectivity index (χ3v) is 3.87. The Hall–Kier alpha value is -1.22. The predicted molar refractivity (Wildman–Crippen MR) is 80.8 cm³/mol. The molecule has 0 amide bonds. The molecule has 0 saturated carbocycles. The van der Waals surface area contributed by atoms with Crippen LogP contribution in [0, 0.1) is 0 Å². The first-order valence-corrected chi connectivity index (χ1v) is 7.66. The number of aliphatic hydroxyl groups excluding tert-OH is 5. The summed E-state index contributed by atoms with van der Waals surface area (Å²) in [5.41, 5.74) is 1.03. The molecule has 23 heavy (non-hydrogen) atoms. The van der Waals surface area contributed by atoms with Gasteiger partial charge in [0.15, 0.2) is 0 Å². The summed E-state index contributed by atoms with van der Waals surface area (Å²) in [6.07, 6.45) is -5.44. The van der Waals surface area contributed by atoms with Gasteiger partial charge >= 0.3 is 0 Å². The smallest absolute Gasteiger partial charge is 0.229 e. The molecule has 0 radical (unpaired) electrons. The minimum absolute atomic E-state index is 0.361. The lowest BCUT2D eigenvalue weighted by Gasteiger charge is -2.39. The highest BCUT2D eigenvalue weighted by molar-refractivity contribution is 5.27.